The molecular weight excluding hydrogens is 340 g/mol. The van der Waals surface area contributed by atoms with Crippen LogP contribution >= 0.6 is 0 Å². The fourth-order valence-corrected chi connectivity index (χ4v) is 2.54. The summed E-state index contributed by atoms with van der Waals surface area (Å²) in [5.41, 5.74) is 0.691. The van der Waals surface area contributed by atoms with Crippen LogP contribution in [0.4, 0.5) is 5.69 Å². The molecule has 0 radical (unpaired) electrons. The topological polar surface area (TPSA) is 113 Å². The molecule has 0 spiro atoms. The van der Waals surface area contributed by atoms with E-state index in [1.807, 2.05) is 0 Å². The van der Waals surface area contributed by atoms with Gasteiger partial charge in [0.15, 0.2) is 6.54 Å². The third-order valence-corrected chi connectivity index (χ3v) is 3.92. The molecule has 26 heavy (non-hydrogen) atoms. The summed E-state index contributed by atoms with van der Waals surface area (Å²) in [5.74, 6) is -1.01. The standard InChI is InChI=1S/C15H20N2O3.C3H6O3/c1-12(18)16-13-5-7-14(8-6-13)20-15(19)11-17(2)9-3-4-10-17;1-2(4)3(5)6/h5-8H,3-4,9-11H2,1-2H3;2,4H,1H3,(H,5,6)/p+1. The number of aliphatic hydroxyl groups excluding tert-OH is 1. The average Bonchev–Trinajstić information content (AvgIpc) is 2.95. The number of carboxylic acid groups (broad SMARTS) is 1. The highest BCUT2D eigenvalue weighted by molar-refractivity contribution is 5.88. The number of benzene rings is 1. The van der Waals surface area contributed by atoms with Crippen LogP contribution in [0.25, 0.3) is 0 Å². The van der Waals surface area contributed by atoms with Gasteiger partial charge in [0.2, 0.25) is 5.91 Å². The second-order valence-electron chi connectivity index (χ2n) is 6.63. The van der Waals surface area contributed by atoms with Crippen molar-refractivity contribution in [2.24, 2.45) is 0 Å². The van der Waals surface area contributed by atoms with Crippen LogP contribution in [0.3, 0.4) is 0 Å². The first-order chi connectivity index (χ1) is 12.1. The van der Waals surface area contributed by atoms with Gasteiger partial charge >= 0.3 is 11.9 Å². The summed E-state index contributed by atoms with van der Waals surface area (Å²) < 4.78 is 6.10. The molecule has 2 rings (SSSR count). The van der Waals surface area contributed by atoms with E-state index in [4.69, 9.17) is 14.9 Å². The number of ether oxygens (including phenoxy) is 1. The van der Waals surface area contributed by atoms with Gasteiger partial charge in [-0.05, 0) is 31.2 Å². The van der Waals surface area contributed by atoms with Gasteiger partial charge in [-0.1, -0.05) is 0 Å². The Morgan fingerprint density at radius 3 is 2.12 bits per heavy atom. The Hall–Kier alpha value is -2.45. The number of nitrogens with one attached hydrogen (secondary N) is 1. The molecule has 1 saturated heterocycles. The fraction of sp³-hybridized carbons (Fsp3) is 0.500. The molecule has 1 fully saturated rings. The number of carbonyl (C=O) groups excluding carboxylic acids is 2. The normalized spacial score (nSPS) is 16.0. The first kappa shape index (κ1) is 21.6. The Morgan fingerprint density at radius 1 is 1.19 bits per heavy atom. The molecule has 1 aliphatic heterocycles. The van der Waals surface area contributed by atoms with Crippen molar-refractivity contribution >= 4 is 23.5 Å². The van der Waals surface area contributed by atoms with E-state index in [-0.39, 0.29) is 11.9 Å². The van der Waals surface area contributed by atoms with Crippen LogP contribution in [0, 0.1) is 0 Å². The smallest absolute Gasteiger partial charge is 0.367 e. The van der Waals surface area contributed by atoms with Crippen molar-refractivity contribution in [1.82, 2.24) is 0 Å². The second-order valence-corrected chi connectivity index (χ2v) is 6.63. The van der Waals surface area contributed by atoms with Gasteiger partial charge in [0, 0.05) is 25.5 Å². The summed E-state index contributed by atoms with van der Waals surface area (Å²) in [6, 6.07) is 6.81. The SMILES string of the molecule is CC(=O)Nc1ccc(OC(=O)C[N+]2(C)CCCC2)cc1.CC(O)C(=O)O. The molecular formula is C18H27N2O6+. The molecule has 1 aromatic carbocycles. The van der Waals surface area contributed by atoms with E-state index in [9.17, 15) is 14.4 Å². The summed E-state index contributed by atoms with van der Waals surface area (Å²) in [4.78, 5) is 32.3. The maximum Gasteiger partial charge on any atom is 0.367 e. The van der Waals surface area contributed by atoms with Gasteiger partial charge < -0.3 is 24.7 Å². The highest BCUT2D eigenvalue weighted by Gasteiger charge is 2.30. The van der Waals surface area contributed by atoms with E-state index in [1.54, 1.807) is 24.3 Å². The molecule has 0 saturated carbocycles. The summed E-state index contributed by atoms with van der Waals surface area (Å²) in [6.45, 7) is 5.14. The van der Waals surface area contributed by atoms with Crippen LogP contribution < -0.4 is 10.1 Å². The molecule has 1 heterocycles. The molecule has 1 unspecified atom stereocenters. The van der Waals surface area contributed by atoms with Crippen LogP contribution in [0.5, 0.6) is 5.75 Å². The summed E-state index contributed by atoms with van der Waals surface area (Å²) in [6.07, 6.45) is 1.12. The lowest BCUT2D eigenvalue weighted by molar-refractivity contribution is -0.890. The van der Waals surface area contributed by atoms with Crippen molar-refractivity contribution in [2.75, 3.05) is 32.0 Å². The van der Waals surface area contributed by atoms with Crippen LogP contribution in [0.1, 0.15) is 26.7 Å². The first-order valence-corrected chi connectivity index (χ1v) is 8.44. The van der Waals surface area contributed by atoms with E-state index in [2.05, 4.69) is 12.4 Å². The number of carboxylic acids is 1. The number of aliphatic hydroxyl groups is 1. The van der Waals surface area contributed by atoms with Gasteiger partial charge in [-0.2, -0.15) is 0 Å². The minimum absolute atomic E-state index is 0.124. The van der Waals surface area contributed by atoms with E-state index >= 15 is 0 Å². The number of aliphatic carboxylic acids is 1. The largest absolute Gasteiger partial charge is 0.479 e. The molecule has 0 bridgehead atoms. The van der Waals surface area contributed by atoms with Crippen molar-refractivity contribution in [3.63, 3.8) is 0 Å². The van der Waals surface area contributed by atoms with Crippen molar-refractivity contribution in [2.45, 2.75) is 32.8 Å². The average molecular weight is 367 g/mol. The van der Waals surface area contributed by atoms with Crippen LogP contribution in [0.15, 0.2) is 24.3 Å². The van der Waals surface area contributed by atoms with E-state index in [0.29, 0.717) is 18.0 Å². The lowest BCUT2D eigenvalue weighted by atomic mass is 10.3. The molecule has 8 heteroatoms. The number of likely N-dealkylation sites (tertiary alicyclic amines) is 1. The highest BCUT2D eigenvalue weighted by Crippen LogP contribution is 2.18. The van der Waals surface area contributed by atoms with Gasteiger partial charge in [0.05, 0.1) is 20.1 Å². The van der Waals surface area contributed by atoms with Gasteiger partial charge in [-0.15, -0.1) is 0 Å². The third kappa shape index (κ3) is 8.09. The van der Waals surface area contributed by atoms with Gasteiger partial charge in [0.25, 0.3) is 0 Å². The zero-order valence-corrected chi connectivity index (χ0v) is 15.4. The number of hydrogen-bond donors (Lipinski definition) is 3. The first-order valence-electron chi connectivity index (χ1n) is 8.44. The number of hydrogen-bond acceptors (Lipinski definition) is 5. The quantitative estimate of drug-likeness (QED) is 0.410. The van der Waals surface area contributed by atoms with Crippen LogP contribution in [-0.4, -0.2) is 65.3 Å². The number of nitrogens with zero attached hydrogens (tertiary/aromatic N) is 1. The molecule has 0 aromatic heterocycles. The van der Waals surface area contributed by atoms with Crippen LogP contribution in [-0.2, 0) is 14.4 Å². The number of esters is 1. The molecule has 144 valence electrons. The van der Waals surface area contributed by atoms with E-state index in [1.165, 1.54) is 26.7 Å². The Bertz CT molecular complexity index is 621. The minimum atomic E-state index is -1.23. The minimum Gasteiger partial charge on any atom is -0.479 e. The van der Waals surface area contributed by atoms with Crippen LogP contribution in [0.2, 0.25) is 0 Å². The second kappa shape index (κ2) is 9.88. The Balaban J connectivity index is 0.000000487. The zero-order chi connectivity index (χ0) is 19.7. The van der Waals surface area contributed by atoms with Crippen molar-refractivity contribution in [1.29, 1.82) is 0 Å². The fourth-order valence-electron chi connectivity index (χ4n) is 2.54. The van der Waals surface area contributed by atoms with Gasteiger partial charge in [-0.3, -0.25) is 4.79 Å². The number of carbonyl (C=O) groups is 3. The molecule has 0 aliphatic carbocycles. The molecule has 1 atom stereocenters. The number of rotatable bonds is 5. The predicted octanol–water partition coefficient (Wildman–Crippen LogP) is 1.24. The Morgan fingerprint density at radius 2 is 1.69 bits per heavy atom. The number of likely N-dealkylation sites (N-methyl/N-ethyl adjacent to an activating group) is 1. The van der Waals surface area contributed by atoms with Crippen molar-refractivity contribution in [3.8, 4) is 5.75 Å². The Labute approximate surface area is 153 Å². The monoisotopic (exact) mass is 367 g/mol. The summed E-state index contributed by atoms with van der Waals surface area (Å²) in [5, 5.41) is 18.4. The Kier molecular flexibility index (Phi) is 8.21. The van der Waals surface area contributed by atoms with Crippen molar-refractivity contribution in [3.05, 3.63) is 24.3 Å². The maximum absolute atomic E-state index is 11.9. The van der Waals surface area contributed by atoms with E-state index in [0.717, 1.165) is 17.6 Å². The molecule has 3 N–H and O–H groups in total. The molecule has 1 aromatic rings. The zero-order valence-electron chi connectivity index (χ0n) is 15.4. The lowest BCUT2D eigenvalue weighted by Crippen LogP contribution is -2.46. The van der Waals surface area contributed by atoms with Crippen molar-refractivity contribution < 1.29 is 33.8 Å². The maximum atomic E-state index is 11.9. The number of quaternary nitrogens is 1. The third-order valence-electron chi connectivity index (χ3n) is 3.92. The van der Waals surface area contributed by atoms with Gasteiger partial charge in [-0.25, -0.2) is 9.59 Å². The van der Waals surface area contributed by atoms with E-state index < -0.39 is 12.1 Å². The number of amides is 1. The lowest BCUT2D eigenvalue weighted by Gasteiger charge is -2.27. The van der Waals surface area contributed by atoms with Gasteiger partial charge in [0.1, 0.15) is 11.9 Å². The highest BCUT2D eigenvalue weighted by atomic mass is 16.5. The molecule has 1 aliphatic rings. The summed E-state index contributed by atoms with van der Waals surface area (Å²) >= 11 is 0. The summed E-state index contributed by atoms with van der Waals surface area (Å²) in [7, 11) is 2.09. The predicted molar refractivity (Wildman–Crippen MR) is 95.7 cm³/mol. The number of anilines is 1. The molecule has 1 amide bonds. The molecule has 8 nitrogen and oxygen atoms in total.